The Kier molecular flexibility index (Phi) is 4.42. The topological polar surface area (TPSA) is 81.8 Å². The average Bonchev–Trinajstić information content (AvgIpc) is 2.80. The molecule has 0 bridgehead atoms. The number of para-hydroxylation sites is 2. The monoisotopic (exact) mass is 292 g/mol. The Morgan fingerprint density at radius 1 is 1.33 bits per heavy atom. The van der Waals surface area contributed by atoms with E-state index in [0.717, 1.165) is 0 Å². The second-order valence-electron chi connectivity index (χ2n) is 4.41. The predicted molar refractivity (Wildman–Crippen MR) is 74.7 cm³/mol. The van der Waals surface area contributed by atoms with Crippen molar-refractivity contribution in [3.63, 3.8) is 0 Å². The molecule has 0 saturated heterocycles. The number of amides is 1. The van der Waals surface area contributed by atoms with Crippen LogP contribution in [0.25, 0.3) is 11.1 Å². The van der Waals surface area contributed by atoms with Gasteiger partial charge in [0, 0.05) is 6.54 Å². The third kappa shape index (κ3) is 3.13. The number of esters is 1. The van der Waals surface area contributed by atoms with E-state index in [9.17, 15) is 14.4 Å². The smallest absolute Gasteiger partial charge is 0.420 e. The molecule has 0 atom stereocenters. The molecule has 0 saturated carbocycles. The highest BCUT2D eigenvalue weighted by Gasteiger charge is 2.19. The Morgan fingerprint density at radius 3 is 2.71 bits per heavy atom. The fraction of sp³-hybridized carbons (Fsp3) is 0.357. The molecule has 7 heteroatoms. The van der Waals surface area contributed by atoms with E-state index in [1.807, 2.05) is 0 Å². The van der Waals surface area contributed by atoms with Crippen LogP contribution in [0.2, 0.25) is 0 Å². The molecular formula is C14H16N2O5. The summed E-state index contributed by atoms with van der Waals surface area (Å²) in [6, 6.07) is 6.85. The Morgan fingerprint density at radius 2 is 2.05 bits per heavy atom. The van der Waals surface area contributed by atoms with Gasteiger partial charge in [0.2, 0.25) is 5.91 Å². The molecule has 2 rings (SSSR count). The fourth-order valence-electron chi connectivity index (χ4n) is 2.00. The molecule has 7 nitrogen and oxygen atoms in total. The van der Waals surface area contributed by atoms with Crippen LogP contribution in [0.3, 0.4) is 0 Å². The second kappa shape index (κ2) is 6.25. The number of ether oxygens (including phenoxy) is 1. The summed E-state index contributed by atoms with van der Waals surface area (Å²) in [5.74, 6) is -1.45. The van der Waals surface area contributed by atoms with Gasteiger partial charge in [-0.1, -0.05) is 12.1 Å². The number of benzene rings is 1. The van der Waals surface area contributed by atoms with Crippen LogP contribution in [0.4, 0.5) is 0 Å². The maximum atomic E-state index is 12.2. The first-order valence-electron chi connectivity index (χ1n) is 6.49. The van der Waals surface area contributed by atoms with Crippen molar-refractivity contribution in [2.24, 2.45) is 0 Å². The number of methoxy groups -OCH3 is 1. The Hall–Kier alpha value is -2.57. The molecule has 0 aliphatic rings. The number of aromatic nitrogens is 1. The third-order valence-corrected chi connectivity index (χ3v) is 3.15. The van der Waals surface area contributed by atoms with E-state index >= 15 is 0 Å². The maximum Gasteiger partial charge on any atom is 0.420 e. The van der Waals surface area contributed by atoms with Gasteiger partial charge < -0.3 is 14.1 Å². The van der Waals surface area contributed by atoms with Gasteiger partial charge in [-0.15, -0.1) is 0 Å². The molecule has 0 radical (unpaired) electrons. The lowest BCUT2D eigenvalue weighted by molar-refractivity contribution is -0.147. The summed E-state index contributed by atoms with van der Waals surface area (Å²) >= 11 is 0. The summed E-state index contributed by atoms with van der Waals surface area (Å²) in [6.45, 7) is 1.77. The highest BCUT2D eigenvalue weighted by atomic mass is 16.5. The van der Waals surface area contributed by atoms with Gasteiger partial charge in [0.1, 0.15) is 13.1 Å². The van der Waals surface area contributed by atoms with Crippen LogP contribution >= 0.6 is 0 Å². The zero-order valence-electron chi connectivity index (χ0n) is 11.9. The SMILES string of the molecule is CCN(CC(=O)OC)C(=O)Cn1c(=O)oc2ccccc21. The quantitative estimate of drug-likeness (QED) is 0.754. The average molecular weight is 292 g/mol. The van der Waals surface area contributed by atoms with Crippen molar-refractivity contribution in [2.75, 3.05) is 20.2 Å². The lowest BCUT2D eigenvalue weighted by atomic mass is 10.3. The van der Waals surface area contributed by atoms with Crippen LogP contribution in [0.15, 0.2) is 33.5 Å². The molecule has 0 aliphatic carbocycles. The van der Waals surface area contributed by atoms with Crippen LogP contribution in [-0.2, 0) is 20.9 Å². The van der Waals surface area contributed by atoms with Crippen molar-refractivity contribution < 1.29 is 18.7 Å². The number of oxazole rings is 1. The van der Waals surface area contributed by atoms with Gasteiger partial charge in [-0.3, -0.25) is 14.2 Å². The van der Waals surface area contributed by atoms with Gasteiger partial charge in [0.15, 0.2) is 5.58 Å². The number of carbonyl (C=O) groups is 2. The van der Waals surface area contributed by atoms with Crippen LogP contribution in [0.5, 0.6) is 0 Å². The first kappa shape index (κ1) is 14.8. The summed E-state index contributed by atoms with van der Waals surface area (Å²) in [5, 5.41) is 0. The van der Waals surface area contributed by atoms with Crippen molar-refractivity contribution in [2.45, 2.75) is 13.5 Å². The molecule has 0 unspecified atom stereocenters. The molecule has 0 fully saturated rings. The Bertz CT molecular complexity index is 715. The second-order valence-corrected chi connectivity index (χ2v) is 4.41. The van der Waals surface area contributed by atoms with Crippen LogP contribution in [0.1, 0.15) is 6.92 Å². The predicted octanol–water partition coefficient (Wildman–Crippen LogP) is 0.616. The highest BCUT2D eigenvalue weighted by Crippen LogP contribution is 2.11. The van der Waals surface area contributed by atoms with Gasteiger partial charge in [-0.25, -0.2) is 4.79 Å². The number of hydrogen-bond donors (Lipinski definition) is 0. The third-order valence-electron chi connectivity index (χ3n) is 3.15. The first-order valence-corrected chi connectivity index (χ1v) is 6.49. The fourth-order valence-corrected chi connectivity index (χ4v) is 2.00. The van der Waals surface area contributed by atoms with E-state index in [1.165, 1.54) is 16.6 Å². The van der Waals surface area contributed by atoms with E-state index in [1.54, 1.807) is 31.2 Å². The van der Waals surface area contributed by atoms with Gasteiger partial charge >= 0.3 is 11.7 Å². The normalized spacial score (nSPS) is 10.6. The van der Waals surface area contributed by atoms with Crippen molar-refractivity contribution in [1.82, 2.24) is 9.47 Å². The number of fused-ring (bicyclic) bond motifs is 1. The highest BCUT2D eigenvalue weighted by molar-refractivity contribution is 5.83. The zero-order chi connectivity index (χ0) is 15.4. The molecule has 0 N–H and O–H groups in total. The summed E-state index contributed by atoms with van der Waals surface area (Å²) in [7, 11) is 1.26. The van der Waals surface area contributed by atoms with Crippen molar-refractivity contribution >= 4 is 23.0 Å². The largest absolute Gasteiger partial charge is 0.468 e. The summed E-state index contributed by atoms with van der Waals surface area (Å²) in [6.07, 6.45) is 0. The van der Waals surface area contributed by atoms with E-state index < -0.39 is 11.7 Å². The molecule has 1 aromatic heterocycles. The van der Waals surface area contributed by atoms with E-state index in [-0.39, 0.29) is 19.0 Å². The first-order chi connectivity index (χ1) is 10.1. The summed E-state index contributed by atoms with van der Waals surface area (Å²) in [5.41, 5.74) is 0.969. The van der Waals surface area contributed by atoms with Crippen LogP contribution in [0, 0.1) is 0 Å². The minimum absolute atomic E-state index is 0.142. The Balaban J connectivity index is 2.22. The van der Waals surface area contributed by atoms with Crippen molar-refractivity contribution in [1.29, 1.82) is 0 Å². The minimum Gasteiger partial charge on any atom is -0.468 e. The van der Waals surface area contributed by atoms with Gasteiger partial charge in [-0.05, 0) is 19.1 Å². The number of hydrogen-bond acceptors (Lipinski definition) is 5. The number of carbonyl (C=O) groups excluding carboxylic acids is 2. The molecular weight excluding hydrogens is 276 g/mol. The number of likely N-dealkylation sites (N-methyl/N-ethyl adjacent to an activating group) is 1. The summed E-state index contributed by atoms with van der Waals surface area (Å²) in [4.78, 5) is 36.6. The Labute approximate surface area is 120 Å². The van der Waals surface area contributed by atoms with Gasteiger partial charge in [-0.2, -0.15) is 0 Å². The minimum atomic E-state index is -0.598. The van der Waals surface area contributed by atoms with Gasteiger partial charge in [0.05, 0.1) is 12.6 Å². The molecule has 2 aromatic rings. The zero-order valence-corrected chi connectivity index (χ0v) is 11.9. The standard InChI is InChI=1S/C14H16N2O5/c1-3-15(9-13(18)20-2)12(17)8-16-10-6-4-5-7-11(10)21-14(16)19/h4-7H,3,8-9H2,1-2H3. The molecule has 1 amide bonds. The van der Waals surface area contributed by atoms with Crippen molar-refractivity contribution in [3.05, 3.63) is 34.8 Å². The van der Waals surface area contributed by atoms with E-state index in [4.69, 9.17) is 4.42 Å². The van der Waals surface area contributed by atoms with Gasteiger partial charge in [0.25, 0.3) is 0 Å². The van der Waals surface area contributed by atoms with Crippen LogP contribution < -0.4 is 5.76 Å². The molecule has 0 aliphatic heterocycles. The summed E-state index contributed by atoms with van der Waals surface area (Å²) < 4.78 is 10.9. The number of rotatable bonds is 5. The van der Waals surface area contributed by atoms with Crippen LogP contribution in [-0.4, -0.2) is 41.5 Å². The van der Waals surface area contributed by atoms with E-state index in [2.05, 4.69) is 4.74 Å². The number of nitrogens with zero attached hydrogens (tertiary/aromatic N) is 2. The van der Waals surface area contributed by atoms with Crippen molar-refractivity contribution in [3.8, 4) is 0 Å². The molecule has 112 valence electrons. The lowest BCUT2D eigenvalue weighted by Crippen LogP contribution is -2.39. The van der Waals surface area contributed by atoms with E-state index in [0.29, 0.717) is 17.6 Å². The maximum absolute atomic E-state index is 12.2. The molecule has 0 spiro atoms. The molecule has 1 heterocycles. The molecule has 21 heavy (non-hydrogen) atoms. The lowest BCUT2D eigenvalue weighted by Gasteiger charge is -2.19. The molecule has 1 aromatic carbocycles.